The minimum absolute atomic E-state index is 0.866. The summed E-state index contributed by atoms with van der Waals surface area (Å²) in [6.07, 6.45) is 6.47. The lowest BCUT2D eigenvalue weighted by molar-refractivity contribution is 0.397. The third-order valence-electron chi connectivity index (χ3n) is 4.65. The summed E-state index contributed by atoms with van der Waals surface area (Å²) in [6, 6.07) is 16.5. The van der Waals surface area contributed by atoms with Gasteiger partial charge in [0.25, 0.3) is 0 Å². The Kier molecular flexibility index (Phi) is 4.81. The van der Waals surface area contributed by atoms with Crippen LogP contribution >= 0.6 is 24.8 Å². The van der Waals surface area contributed by atoms with E-state index in [-0.39, 0.29) is 0 Å². The van der Waals surface area contributed by atoms with Gasteiger partial charge in [-0.05, 0) is 54.1 Å². The first kappa shape index (κ1) is 17.3. The second-order valence-electron chi connectivity index (χ2n) is 6.72. The molecule has 2 aromatic carbocycles. The topological polar surface area (TPSA) is 19.0 Å². The van der Waals surface area contributed by atoms with Gasteiger partial charge in [0.05, 0.1) is 0 Å². The number of benzene rings is 2. The van der Waals surface area contributed by atoms with Crippen LogP contribution in [-0.2, 0) is 0 Å². The molecule has 0 unspecified atom stereocenters. The Bertz CT molecular complexity index is 1030. The molecule has 4 heteroatoms. The molecule has 0 amide bonds. The van der Waals surface area contributed by atoms with Crippen molar-refractivity contribution in [1.29, 1.82) is 0 Å². The van der Waals surface area contributed by atoms with E-state index in [2.05, 4.69) is 78.2 Å². The van der Waals surface area contributed by atoms with Crippen molar-refractivity contribution in [3.05, 3.63) is 77.0 Å². The van der Waals surface area contributed by atoms with Crippen molar-refractivity contribution < 1.29 is 0 Å². The number of thiocarbonyl (C=S) groups is 1. The number of H-pyrrole nitrogens is 1. The molecule has 2 nitrogen and oxygen atoms in total. The summed E-state index contributed by atoms with van der Waals surface area (Å²) in [6.45, 7) is 1.73. The van der Waals surface area contributed by atoms with E-state index in [1.165, 1.54) is 22.1 Å². The van der Waals surface area contributed by atoms with Crippen LogP contribution in [0.1, 0.15) is 11.1 Å². The van der Waals surface area contributed by atoms with Gasteiger partial charge >= 0.3 is 0 Å². The van der Waals surface area contributed by atoms with E-state index in [1.807, 2.05) is 18.2 Å². The minimum atomic E-state index is 0.866. The minimum Gasteiger partial charge on any atom is -0.361 e. The number of aromatic nitrogens is 1. The zero-order valence-corrected chi connectivity index (χ0v) is 16.3. The van der Waals surface area contributed by atoms with Gasteiger partial charge in [0.15, 0.2) is 0 Å². The first-order chi connectivity index (χ1) is 12.6. The van der Waals surface area contributed by atoms with Gasteiger partial charge < -0.3 is 4.98 Å². The van der Waals surface area contributed by atoms with Gasteiger partial charge in [-0.25, -0.2) is 0 Å². The maximum Gasteiger partial charge on any atom is 0.0467 e. The molecule has 1 aliphatic heterocycles. The number of piperidine rings is 1. The first-order valence-electron chi connectivity index (χ1n) is 8.60. The van der Waals surface area contributed by atoms with Crippen molar-refractivity contribution in [2.24, 2.45) is 0 Å². The molecule has 1 aliphatic rings. The van der Waals surface area contributed by atoms with Crippen molar-refractivity contribution in [2.75, 3.05) is 20.1 Å². The highest BCUT2D eigenvalue weighted by molar-refractivity contribution is 7.81. The maximum atomic E-state index is 5.83. The fraction of sp³-hybridized carbons (Fsp3) is 0.136. The number of rotatable bonds is 2. The van der Waals surface area contributed by atoms with E-state index in [0.717, 1.165) is 33.9 Å². The summed E-state index contributed by atoms with van der Waals surface area (Å²) in [5.74, 6) is 0. The number of thiol groups is 1. The van der Waals surface area contributed by atoms with Gasteiger partial charge in [-0.1, -0.05) is 42.5 Å². The number of fused-ring (bicyclic) bond motifs is 1. The number of likely N-dealkylation sites (tertiary alicyclic amines) is 1. The molecule has 1 fully saturated rings. The van der Waals surface area contributed by atoms with Crippen molar-refractivity contribution in [2.45, 2.75) is 4.90 Å². The number of likely N-dealkylation sites (N-methyl/N-ethyl adjacent to an activating group) is 1. The third-order valence-corrected chi connectivity index (χ3v) is 5.47. The molecule has 1 aromatic heterocycles. The monoisotopic (exact) mass is 376 g/mol. The molecular formula is C22H20N2S2. The van der Waals surface area contributed by atoms with E-state index in [1.54, 1.807) is 0 Å². The highest BCUT2D eigenvalue weighted by atomic mass is 32.1. The molecule has 3 aromatic rings. The Morgan fingerprint density at radius 1 is 1.00 bits per heavy atom. The quantitative estimate of drug-likeness (QED) is 0.362. The zero-order valence-electron chi connectivity index (χ0n) is 14.6. The third kappa shape index (κ3) is 3.54. The molecule has 0 saturated carbocycles. The lowest BCUT2D eigenvalue weighted by Crippen LogP contribution is -2.33. The summed E-state index contributed by atoms with van der Waals surface area (Å²) in [5.41, 5.74) is 5.87. The Morgan fingerprint density at radius 2 is 1.69 bits per heavy atom. The van der Waals surface area contributed by atoms with Crippen LogP contribution in [0.5, 0.6) is 0 Å². The maximum absolute atomic E-state index is 5.83. The Morgan fingerprint density at radius 3 is 2.46 bits per heavy atom. The van der Waals surface area contributed by atoms with Crippen LogP contribution in [0.25, 0.3) is 23.1 Å². The van der Waals surface area contributed by atoms with E-state index < -0.39 is 0 Å². The second kappa shape index (κ2) is 7.23. The summed E-state index contributed by atoms with van der Waals surface area (Å²) in [4.78, 5) is 7.57. The Balaban J connectivity index is 1.70. The lowest BCUT2D eigenvalue weighted by atomic mass is 9.95. The van der Waals surface area contributed by atoms with Crippen LogP contribution < -0.4 is 0 Å². The number of hydrogen-bond donors (Lipinski definition) is 2. The molecule has 0 radical (unpaired) electrons. The molecule has 1 saturated heterocycles. The summed E-state index contributed by atoms with van der Waals surface area (Å²) in [7, 11) is 2.13. The lowest BCUT2D eigenvalue weighted by Gasteiger charge is -2.28. The molecule has 0 atom stereocenters. The van der Waals surface area contributed by atoms with Gasteiger partial charge in [-0.15, -0.1) is 12.6 Å². The van der Waals surface area contributed by atoms with Crippen molar-refractivity contribution in [3.63, 3.8) is 0 Å². The van der Waals surface area contributed by atoms with Crippen LogP contribution in [0.15, 0.2) is 70.8 Å². The van der Waals surface area contributed by atoms with Crippen LogP contribution in [0.4, 0.5) is 0 Å². The van der Waals surface area contributed by atoms with Gasteiger partial charge in [-0.2, -0.15) is 0 Å². The van der Waals surface area contributed by atoms with Gasteiger partial charge in [0, 0.05) is 45.5 Å². The van der Waals surface area contributed by atoms with Crippen molar-refractivity contribution in [1.82, 2.24) is 9.88 Å². The highest BCUT2D eigenvalue weighted by Crippen LogP contribution is 2.26. The van der Waals surface area contributed by atoms with Gasteiger partial charge in [0.2, 0.25) is 0 Å². The second-order valence-corrected chi connectivity index (χ2v) is 7.65. The van der Waals surface area contributed by atoms with E-state index in [0.29, 0.717) is 0 Å². The number of aromatic amines is 1. The fourth-order valence-electron chi connectivity index (χ4n) is 3.38. The predicted molar refractivity (Wildman–Crippen MR) is 118 cm³/mol. The summed E-state index contributed by atoms with van der Waals surface area (Å²) in [5, 5.41) is 1.23. The predicted octanol–water partition coefficient (Wildman–Crippen LogP) is 5.24. The van der Waals surface area contributed by atoms with Gasteiger partial charge in [0.1, 0.15) is 0 Å². The fourth-order valence-corrected chi connectivity index (χ4v) is 3.78. The SMILES string of the molecule is CN1C/C(=C\c2ccc(S)cc2)C(=S)/C(=C/c2c[nH]c3ccccc23)C1. The number of nitrogens with one attached hydrogen (secondary N) is 1. The largest absolute Gasteiger partial charge is 0.361 e. The van der Waals surface area contributed by atoms with Crippen molar-refractivity contribution >= 4 is 52.8 Å². The molecule has 0 bridgehead atoms. The number of hydrogen-bond acceptors (Lipinski definition) is 3. The van der Waals surface area contributed by atoms with Crippen LogP contribution in [0.2, 0.25) is 0 Å². The highest BCUT2D eigenvalue weighted by Gasteiger charge is 2.21. The summed E-state index contributed by atoms with van der Waals surface area (Å²) < 4.78 is 0. The standard InChI is InChI=1S/C22H20N2S2/c1-24-13-17(10-15-6-8-19(25)9-7-15)22(26)18(14-24)11-16-12-23-21-5-3-2-4-20(16)21/h2-12,23,25H,13-14H2,1H3/b17-10+,18-11+. The van der Waals surface area contributed by atoms with Crippen molar-refractivity contribution in [3.8, 4) is 0 Å². The van der Waals surface area contributed by atoms with E-state index >= 15 is 0 Å². The molecular weight excluding hydrogens is 356 g/mol. The van der Waals surface area contributed by atoms with Gasteiger partial charge in [-0.3, -0.25) is 4.90 Å². The average Bonchev–Trinajstić information content (AvgIpc) is 3.04. The normalized spacial score (nSPS) is 18.9. The van der Waals surface area contributed by atoms with E-state index in [4.69, 9.17) is 12.2 Å². The number of para-hydroxylation sites is 1. The molecule has 0 spiro atoms. The summed E-state index contributed by atoms with van der Waals surface area (Å²) >= 11 is 10.2. The van der Waals surface area contributed by atoms with Crippen LogP contribution in [-0.4, -0.2) is 34.9 Å². The molecule has 4 rings (SSSR count). The Hall–Kier alpha value is -2.14. The first-order valence-corrected chi connectivity index (χ1v) is 9.45. The zero-order chi connectivity index (χ0) is 18.1. The molecule has 2 heterocycles. The molecule has 26 heavy (non-hydrogen) atoms. The molecule has 130 valence electrons. The van der Waals surface area contributed by atoms with Crippen LogP contribution in [0, 0.1) is 0 Å². The molecule has 1 N–H and O–H groups in total. The average molecular weight is 377 g/mol. The molecule has 0 aliphatic carbocycles. The van der Waals surface area contributed by atoms with Crippen LogP contribution in [0.3, 0.4) is 0 Å². The number of nitrogens with zero attached hydrogens (tertiary/aromatic N) is 1. The smallest absolute Gasteiger partial charge is 0.0467 e. The van der Waals surface area contributed by atoms with E-state index in [9.17, 15) is 0 Å². The Labute approximate surface area is 164 Å².